The number of esters is 1. The highest BCUT2D eigenvalue weighted by Gasteiger charge is 2.40. The van der Waals surface area contributed by atoms with Gasteiger partial charge in [-0.25, -0.2) is 9.36 Å². The summed E-state index contributed by atoms with van der Waals surface area (Å²) in [6, 6.07) is 15.4. The number of para-hydroxylation sites is 1. The summed E-state index contributed by atoms with van der Waals surface area (Å²) in [4.78, 5) is 41.9. The maximum Gasteiger partial charge on any atom is 0.459 e. The fourth-order valence-corrected chi connectivity index (χ4v) is 5.55. The number of carbonyl (C=O) groups excluding carboxylic acids is 1. The molecule has 3 aromatic rings. The first-order valence-corrected chi connectivity index (χ1v) is 14.2. The van der Waals surface area contributed by atoms with Crippen LogP contribution in [0.1, 0.15) is 30.7 Å². The summed E-state index contributed by atoms with van der Waals surface area (Å²) in [5.41, 5.74) is 8.91. The van der Waals surface area contributed by atoms with Crippen molar-refractivity contribution in [3.63, 3.8) is 0 Å². The summed E-state index contributed by atoms with van der Waals surface area (Å²) in [6.45, 7) is 2.61. The van der Waals surface area contributed by atoms with Crippen molar-refractivity contribution >= 4 is 13.7 Å². The monoisotopic (exact) mass is 584 g/mol. The molecule has 5 atom stereocenters. The van der Waals surface area contributed by atoms with Gasteiger partial charge in [0.05, 0.1) is 18.8 Å². The molecule has 0 bridgehead atoms. The molecule has 216 valence electrons. The molecule has 41 heavy (non-hydrogen) atoms. The zero-order chi connectivity index (χ0) is 29.4. The topological polar surface area (TPSA) is 187 Å². The number of benzene rings is 2. The second kappa shape index (κ2) is 13.4. The van der Waals surface area contributed by atoms with Crippen molar-refractivity contribution in [1.29, 1.82) is 0 Å². The molecule has 1 aliphatic heterocycles. The van der Waals surface area contributed by atoms with Crippen LogP contribution in [-0.4, -0.2) is 40.3 Å². The minimum atomic E-state index is -4.24. The number of hydrogen-bond donors (Lipinski definition) is 2. The SMILES string of the molecule is Cc1cn([C@H]2C[C@H](N=[N+]=[N-])[C@@H](COP(=O)(N[C@@H](C)C(=O)OCc3ccccc3)Oc3ccccc3)O2)c(=O)[nH]c1=O. The van der Waals surface area contributed by atoms with Gasteiger partial charge in [-0.2, -0.15) is 5.09 Å². The highest BCUT2D eigenvalue weighted by Crippen LogP contribution is 2.46. The second-order valence-corrected chi connectivity index (χ2v) is 11.0. The van der Waals surface area contributed by atoms with Gasteiger partial charge in [-0.1, -0.05) is 53.6 Å². The van der Waals surface area contributed by atoms with E-state index in [1.165, 1.54) is 24.6 Å². The van der Waals surface area contributed by atoms with E-state index in [4.69, 9.17) is 24.1 Å². The van der Waals surface area contributed by atoms with Crippen LogP contribution in [0.15, 0.2) is 81.6 Å². The highest BCUT2D eigenvalue weighted by molar-refractivity contribution is 7.52. The van der Waals surface area contributed by atoms with Crippen LogP contribution in [0, 0.1) is 6.92 Å². The molecule has 1 saturated heterocycles. The average molecular weight is 585 g/mol. The van der Waals surface area contributed by atoms with Crippen molar-refractivity contribution in [2.24, 2.45) is 5.11 Å². The van der Waals surface area contributed by atoms with Crippen LogP contribution >= 0.6 is 7.75 Å². The predicted molar refractivity (Wildman–Crippen MR) is 147 cm³/mol. The van der Waals surface area contributed by atoms with Crippen LogP contribution in [-0.2, 0) is 30.0 Å². The fourth-order valence-electron chi connectivity index (χ4n) is 4.05. The van der Waals surface area contributed by atoms with Crippen LogP contribution in [0.25, 0.3) is 10.4 Å². The Balaban J connectivity index is 1.48. The summed E-state index contributed by atoms with van der Waals surface area (Å²) in [5, 5.41) is 6.34. The molecular formula is C26H29N6O8P. The van der Waals surface area contributed by atoms with Crippen LogP contribution in [0.2, 0.25) is 0 Å². The summed E-state index contributed by atoms with van der Waals surface area (Å²) in [7, 11) is -4.24. The molecular weight excluding hydrogens is 555 g/mol. The Labute approximate surface area is 234 Å². The number of nitrogens with one attached hydrogen (secondary N) is 2. The van der Waals surface area contributed by atoms with E-state index < -0.39 is 49.4 Å². The number of carbonyl (C=O) groups is 1. The van der Waals surface area contributed by atoms with Crippen molar-refractivity contribution in [2.45, 2.75) is 51.3 Å². The van der Waals surface area contributed by atoms with E-state index >= 15 is 0 Å². The third-order valence-corrected chi connectivity index (χ3v) is 7.81. The molecule has 14 nitrogen and oxygen atoms in total. The molecule has 0 radical (unpaired) electrons. The lowest BCUT2D eigenvalue weighted by Gasteiger charge is -2.25. The Kier molecular flexibility index (Phi) is 9.77. The predicted octanol–water partition coefficient (Wildman–Crippen LogP) is 3.74. The Morgan fingerprint density at radius 2 is 1.90 bits per heavy atom. The standard InChI is InChI=1S/C26H29N6O8P/c1-17-14-32(26(35)28-24(17)33)23-13-21(29-31-27)22(39-23)16-38-41(36,40-20-11-7-4-8-12-20)30-18(2)25(34)37-15-19-9-5-3-6-10-19/h3-12,14,18,21-23H,13,15-16H2,1-2H3,(H,30,36)(H,28,33,35)/t18-,21-,22+,23+,41?/m0/s1. The van der Waals surface area contributed by atoms with Gasteiger partial charge in [0.1, 0.15) is 24.6 Å². The van der Waals surface area contributed by atoms with Crippen molar-refractivity contribution in [1.82, 2.24) is 14.6 Å². The molecule has 4 rings (SSSR count). The summed E-state index contributed by atoms with van der Waals surface area (Å²) in [5.74, 6) is -0.480. The molecule has 1 aromatic heterocycles. The maximum atomic E-state index is 13.9. The number of aryl methyl sites for hydroxylation is 1. The molecule has 1 fully saturated rings. The Hall–Kier alpha value is -4.19. The molecule has 1 unspecified atom stereocenters. The van der Waals surface area contributed by atoms with E-state index in [1.54, 1.807) is 42.5 Å². The van der Waals surface area contributed by atoms with Gasteiger partial charge in [0.15, 0.2) is 0 Å². The van der Waals surface area contributed by atoms with Gasteiger partial charge in [-0.15, -0.1) is 0 Å². The van der Waals surface area contributed by atoms with Crippen molar-refractivity contribution in [2.75, 3.05) is 6.61 Å². The van der Waals surface area contributed by atoms with Gasteiger partial charge in [-0.05, 0) is 37.1 Å². The van der Waals surface area contributed by atoms with Gasteiger partial charge in [0.2, 0.25) is 0 Å². The van der Waals surface area contributed by atoms with Gasteiger partial charge >= 0.3 is 19.4 Å². The van der Waals surface area contributed by atoms with Gasteiger partial charge in [0.25, 0.3) is 5.56 Å². The zero-order valence-corrected chi connectivity index (χ0v) is 23.2. The van der Waals surface area contributed by atoms with Crippen molar-refractivity contribution in [3.8, 4) is 5.75 Å². The molecule has 2 aromatic carbocycles. The van der Waals surface area contributed by atoms with E-state index in [0.717, 1.165) is 5.56 Å². The molecule has 2 N–H and O–H groups in total. The van der Waals surface area contributed by atoms with E-state index in [2.05, 4.69) is 20.1 Å². The third-order valence-electron chi connectivity index (χ3n) is 6.17. The summed E-state index contributed by atoms with van der Waals surface area (Å²) < 4.78 is 37.7. The Morgan fingerprint density at radius 3 is 2.59 bits per heavy atom. The quantitative estimate of drug-likeness (QED) is 0.105. The van der Waals surface area contributed by atoms with E-state index in [-0.39, 0.29) is 30.9 Å². The normalized spacial score (nSPS) is 20.4. The minimum Gasteiger partial charge on any atom is -0.460 e. The number of aromatic amines is 1. The molecule has 1 aliphatic rings. The first-order chi connectivity index (χ1) is 19.7. The minimum absolute atomic E-state index is 0.0190. The lowest BCUT2D eigenvalue weighted by atomic mass is 10.1. The number of nitrogens with zero attached hydrogens (tertiary/aromatic N) is 4. The number of aromatic nitrogens is 2. The molecule has 15 heteroatoms. The van der Waals surface area contributed by atoms with Gasteiger partial charge in [-0.3, -0.25) is 23.7 Å². The average Bonchev–Trinajstić information content (AvgIpc) is 3.36. The van der Waals surface area contributed by atoms with Crippen molar-refractivity contribution < 1.29 is 27.9 Å². The number of ether oxygens (including phenoxy) is 2. The molecule has 0 amide bonds. The maximum absolute atomic E-state index is 13.9. The number of azide groups is 1. The van der Waals surface area contributed by atoms with Crippen LogP contribution in [0.4, 0.5) is 0 Å². The van der Waals surface area contributed by atoms with Crippen LogP contribution in [0.5, 0.6) is 5.75 Å². The Morgan fingerprint density at radius 1 is 1.22 bits per heavy atom. The number of hydrogen-bond acceptors (Lipinski definition) is 9. The van der Waals surface area contributed by atoms with E-state index in [0.29, 0.717) is 0 Å². The first-order valence-electron chi connectivity index (χ1n) is 12.7. The number of rotatable bonds is 12. The highest BCUT2D eigenvalue weighted by atomic mass is 31.2. The fraction of sp³-hybridized carbons (Fsp3) is 0.346. The largest absolute Gasteiger partial charge is 0.460 e. The lowest BCUT2D eigenvalue weighted by molar-refractivity contribution is -0.146. The summed E-state index contributed by atoms with van der Waals surface area (Å²) in [6.07, 6.45) is -0.403. The molecule has 0 saturated carbocycles. The third kappa shape index (κ3) is 7.94. The smallest absolute Gasteiger partial charge is 0.459 e. The molecule has 0 aliphatic carbocycles. The zero-order valence-electron chi connectivity index (χ0n) is 22.3. The first kappa shape index (κ1) is 29.8. The Bertz CT molecular complexity index is 1560. The molecule has 0 spiro atoms. The van der Waals surface area contributed by atoms with Crippen LogP contribution < -0.4 is 20.9 Å². The van der Waals surface area contributed by atoms with E-state index in [9.17, 15) is 18.9 Å². The summed E-state index contributed by atoms with van der Waals surface area (Å²) >= 11 is 0. The van der Waals surface area contributed by atoms with Crippen LogP contribution in [0.3, 0.4) is 0 Å². The van der Waals surface area contributed by atoms with Gasteiger partial charge in [0, 0.05) is 23.1 Å². The number of H-pyrrole nitrogens is 1. The second-order valence-electron chi connectivity index (χ2n) is 9.26. The molecule has 2 heterocycles. The van der Waals surface area contributed by atoms with E-state index in [1.807, 2.05) is 18.2 Å². The van der Waals surface area contributed by atoms with Crippen molar-refractivity contribution in [3.05, 3.63) is 109 Å². The van der Waals surface area contributed by atoms with Gasteiger partial charge < -0.3 is 14.0 Å². The lowest BCUT2D eigenvalue weighted by Crippen LogP contribution is -2.36.